The van der Waals surface area contributed by atoms with Gasteiger partial charge in [-0.3, -0.25) is 4.79 Å². The third kappa shape index (κ3) is 4.30. The van der Waals surface area contributed by atoms with Gasteiger partial charge in [-0.2, -0.15) is 0 Å². The Morgan fingerprint density at radius 3 is 2.12 bits per heavy atom. The van der Waals surface area contributed by atoms with Crippen LogP contribution in [0, 0.1) is 5.92 Å². The van der Waals surface area contributed by atoms with Gasteiger partial charge in [0.15, 0.2) is 9.84 Å². The molecule has 1 rings (SSSR count). The lowest BCUT2D eigenvalue weighted by Gasteiger charge is -2.05. The highest BCUT2D eigenvalue weighted by Gasteiger charge is 2.09. The van der Waals surface area contributed by atoms with Crippen LogP contribution in [0.5, 0.6) is 0 Å². The Morgan fingerprint density at radius 1 is 1.18 bits per heavy atom. The average Bonchev–Trinajstić information content (AvgIpc) is 2.25. The van der Waals surface area contributed by atoms with E-state index in [1.54, 1.807) is 24.3 Å². The predicted molar refractivity (Wildman–Crippen MR) is 67.7 cm³/mol. The Bertz CT molecular complexity index is 484. The number of rotatable bonds is 5. The molecule has 0 aliphatic rings. The zero-order valence-electron chi connectivity index (χ0n) is 10.4. The fourth-order valence-corrected chi connectivity index (χ4v) is 2.09. The van der Waals surface area contributed by atoms with E-state index in [2.05, 4.69) is 0 Å². The van der Waals surface area contributed by atoms with Crippen molar-refractivity contribution in [1.29, 1.82) is 0 Å². The molecule has 4 heteroatoms. The van der Waals surface area contributed by atoms with E-state index < -0.39 is 9.84 Å². The first kappa shape index (κ1) is 13.9. The lowest BCUT2D eigenvalue weighted by atomic mass is 10.0. The summed E-state index contributed by atoms with van der Waals surface area (Å²) < 4.78 is 22.5. The van der Waals surface area contributed by atoms with Crippen LogP contribution < -0.4 is 0 Å². The largest absolute Gasteiger partial charge is 0.299 e. The van der Waals surface area contributed by atoms with Gasteiger partial charge in [-0.25, -0.2) is 8.42 Å². The number of hydrogen-bond acceptors (Lipinski definition) is 3. The molecule has 0 radical (unpaired) electrons. The summed E-state index contributed by atoms with van der Waals surface area (Å²) in [6, 6.07) is 6.71. The highest BCUT2D eigenvalue weighted by Crippen LogP contribution is 2.12. The normalized spacial score (nSPS) is 11.8. The lowest BCUT2D eigenvalue weighted by Crippen LogP contribution is -2.07. The van der Waals surface area contributed by atoms with E-state index in [0.29, 0.717) is 17.7 Å². The van der Waals surface area contributed by atoms with Crippen LogP contribution in [-0.2, 0) is 21.1 Å². The molecule has 0 unspecified atom stereocenters. The predicted octanol–water partition coefficient (Wildman–Crippen LogP) is 2.25. The Kier molecular flexibility index (Phi) is 4.46. The first-order valence-corrected chi connectivity index (χ1v) is 7.51. The molecule has 0 N–H and O–H groups in total. The molecule has 0 saturated carbocycles. The van der Waals surface area contributed by atoms with Crippen molar-refractivity contribution in [3.63, 3.8) is 0 Å². The Hall–Kier alpha value is -1.16. The molecule has 0 atom stereocenters. The molecule has 0 spiro atoms. The molecule has 0 amide bonds. The summed E-state index contributed by atoms with van der Waals surface area (Å²) in [7, 11) is -3.13. The average molecular weight is 254 g/mol. The summed E-state index contributed by atoms with van der Waals surface area (Å²) in [5.74, 6) is 0.294. The summed E-state index contributed by atoms with van der Waals surface area (Å²) >= 11 is 0. The van der Waals surface area contributed by atoms with Gasteiger partial charge >= 0.3 is 0 Å². The third-order valence-electron chi connectivity index (χ3n) is 2.66. The number of sulfone groups is 1. The lowest BCUT2D eigenvalue weighted by molar-refractivity contribution is -0.121. The van der Waals surface area contributed by atoms with Crippen molar-refractivity contribution in [3.05, 3.63) is 29.8 Å². The maximum Gasteiger partial charge on any atom is 0.175 e. The van der Waals surface area contributed by atoms with Crippen LogP contribution in [0.3, 0.4) is 0 Å². The fraction of sp³-hybridized carbons (Fsp3) is 0.462. The second-order valence-electron chi connectivity index (χ2n) is 4.54. The van der Waals surface area contributed by atoms with Gasteiger partial charge in [0.1, 0.15) is 5.78 Å². The molecule has 17 heavy (non-hydrogen) atoms. The number of hydrogen-bond donors (Lipinski definition) is 0. The summed E-state index contributed by atoms with van der Waals surface area (Å²) in [5.41, 5.74) is 0.992. The molecule has 0 bridgehead atoms. The Labute approximate surface area is 103 Å². The van der Waals surface area contributed by atoms with Crippen molar-refractivity contribution < 1.29 is 13.2 Å². The fourth-order valence-electron chi connectivity index (χ4n) is 1.46. The molecule has 0 aliphatic carbocycles. The maximum absolute atomic E-state index is 11.4. The molecular weight excluding hydrogens is 236 g/mol. The maximum atomic E-state index is 11.4. The minimum Gasteiger partial charge on any atom is -0.299 e. The Morgan fingerprint density at radius 2 is 1.71 bits per heavy atom. The van der Waals surface area contributed by atoms with E-state index in [4.69, 9.17) is 0 Å². The molecule has 0 saturated heterocycles. The smallest absolute Gasteiger partial charge is 0.175 e. The first-order valence-electron chi connectivity index (χ1n) is 5.62. The van der Waals surface area contributed by atoms with Crippen LogP contribution >= 0.6 is 0 Å². The van der Waals surface area contributed by atoms with Gasteiger partial charge in [-0.15, -0.1) is 0 Å². The molecular formula is C13H18O3S. The van der Waals surface area contributed by atoms with E-state index in [0.717, 1.165) is 5.56 Å². The van der Waals surface area contributed by atoms with Crippen molar-refractivity contribution in [2.45, 2.75) is 31.6 Å². The van der Waals surface area contributed by atoms with Crippen LogP contribution in [0.1, 0.15) is 25.8 Å². The Balaban J connectivity index is 2.67. The number of carbonyl (C=O) groups is 1. The zero-order chi connectivity index (χ0) is 13.1. The minimum absolute atomic E-state index is 0.0605. The first-order chi connectivity index (χ1) is 7.80. The summed E-state index contributed by atoms with van der Waals surface area (Å²) in [5, 5.41) is 0. The molecule has 0 aromatic heterocycles. The van der Waals surface area contributed by atoms with Gasteiger partial charge in [0.25, 0.3) is 0 Å². The highest BCUT2D eigenvalue weighted by atomic mass is 32.2. The van der Waals surface area contributed by atoms with Gasteiger partial charge in [0.05, 0.1) is 4.90 Å². The SMILES string of the molecule is CC(C)C(=O)CCc1ccc(S(C)(=O)=O)cc1. The standard InChI is InChI=1S/C13H18O3S/c1-10(2)13(14)9-6-11-4-7-12(8-5-11)17(3,15)16/h4-5,7-8,10H,6,9H2,1-3H3. The molecule has 3 nitrogen and oxygen atoms in total. The minimum atomic E-state index is -3.13. The molecule has 0 fully saturated rings. The number of carbonyl (C=O) groups excluding carboxylic acids is 1. The van der Waals surface area contributed by atoms with Gasteiger partial charge in [0, 0.05) is 18.6 Å². The molecule has 94 valence electrons. The van der Waals surface area contributed by atoms with E-state index >= 15 is 0 Å². The van der Waals surface area contributed by atoms with E-state index in [9.17, 15) is 13.2 Å². The van der Waals surface area contributed by atoms with Gasteiger partial charge in [0.2, 0.25) is 0 Å². The van der Waals surface area contributed by atoms with Crippen LogP contribution in [0.25, 0.3) is 0 Å². The van der Waals surface area contributed by atoms with Gasteiger partial charge in [-0.1, -0.05) is 26.0 Å². The second-order valence-corrected chi connectivity index (χ2v) is 6.55. The van der Waals surface area contributed by atoms with Crippen LogP contribution in [0.15, 0.2) is 29.2 Å². The van der Waals surface area contributed by atoms with Crippen molar-refractivity contribution in [2.75, 3.05) is 6.26 Å². The topological polar surface area (TPSA) is 51.2 Å². The number of ketones is 1. The monoisotopic (exact) mass is 254 g/mol. The van der Waals surface area contributed by atoms with Gasteiger partial charge < -0.3 is 0 Å². The molecule has 1 aromatic carbocycles. The summed E-state index contributed by atoms with van der Waals surface area (Å²) in [6.07, 6.45) is 2.36. The van der Waals surface area contributed by atoms with Crippen molar-refractivity contribution >= 4 is 15.6 Å². The van der Waals surface area contributed by atoms with Crippen molar-refractivity contribution in [1.82, 2.24) is 0 Å². The number of benzene rings is 1. The summed E-state index contributed by atoms with van der Waals surface area (Å²) in [4.78, 5) is 11.8. The summed E-state index contributed by atoms with van der Waals surface area (Å²) in [6.45, 7) is 3.77. The molecule has 1 aromatic rings. The van der Waals surface area contributed by atoms with Crippen molar-refractivity contribution in [3.8, 4) is 0 Å². The van der Waals surface area contributed by atoms with Crippen LogP contribution in [0.2, 0.25) is 0 Å². The molecule has 0 aliphatic heterocycles. The van der Waals surface area contributed by atoms with Gasteiger partial charge in [-0.05, 0) is 24.1 Å². The zero-order valence-corrected chi connectivity index (χ0v) is 11.3. The van der Waals surface area contributed by atoms with Crippen LogP contribution in [-0.4, -0.2) is 20.5 Å². The number of Topliss-reactive ketones (excluding diaryl/α,β-unsaturated/α-hetero) is 1. The van der Waals surface area contributed by atoms with Crippen LogP contribution in [0.4, 0.5) is 0 Å². The van der Waals surface area contributed by atoms with E-state index in [-0.39, 0.29) is 11.7 Å². The molecule has 0 heterocycles. The third-order valence-corrected chi connectivity index (χ3v) is 3.78. The highest BCUT2D eigenvalue weighted by molar-refractivity contribution is 7.90. The van der Waals surface area contributed by atoms with E-state index in [1.807, 2.05) is 13.8 Å². The van der Waals surface area contributed by atoms with Crippen molar-refractivity contribution in [2.24, 2.45) is 5.92 Å². The van der Waals surface area contributed by atoms with E-state index in [1.165, 1.54) is 6.26 Å². The quantitative estimate of drug-likeness (QED) is 0.809. The number of aryl methyl sites for hydroxylation is 1. The second kappa shape index (κ2) is 5.45.